The first kappa shape index (κ1) is 25.5. The van der Waals surface area contributed by atoms with Crippen LogP contribution in [0.1, 0.15) is 27.7 Å². The molecule has 9 nitrogen and oxygen atoms in total. The second kappa shape index (κ2) is 17.6. The van der Waals surface area contributed by atoms with Gasteiger partial charge in [0.2, 0.25) is 0 Å². The first-order valence-electron chi connectivity index (χ1n) is 6.04. The van der Waals surface area contributed by atoms with Crippen molar-refractivity contribution in [3.8, 4) is 0 Å². The summed E-state index contributed by atoms with van der Waals surface area (Å²) < 4.78 is 0. The van der Waals surface area contributed by atoms with E-state index in [-0.39, 0.29) is 16.8 Å². The van der Waals surface area contributed by atoms with E-state index < -0.39 is 0 Å². The summed E-state index contributed by atoms with van der Waals surface area (Å²) in [5.74, 6) is 0. The Hall–Kier alpha value is -2.46. The number of rotatable bonds is 2. The number of oxime groups is 4. The van der Waals surface area contributed by atoms with Gasteiger partial charge in [0, 0.05) is 29.2 Å². The van der Waals surface area contributed by atoms with Gasteiger partial charge in [-0.05, 0) is 39.8 Å². The van der Waals surface area contributed by atoms with Crippen LogP contribution < -0.4 is 0 Å². The Morgan fingerprint density at radius 3 is 0.957 bits per heavy atom. The second-order valence-electron chi connectivity index (χ2n) is 3.77. The van der Waals surface area contributed by atoms with Crippen LogP contribution in [-0.2, 0) is 16.8 Å². The van der Waals surface area contributed by atoms with Gasteiger partial charge in [-0.2, -0.15) is 0 Å². The van der Waals surface area contributed by atoms with Crippen LogP contribution in [0, 0.1) is 0 Å². The van der Waals surface area contributed by atoms with Gasteiger partial charge in [0.15, 0.2) is 0 Å². The van der Waals surface area contributed by atoms with E-state index in [1.165, 1.54) is 27.7 Å². The molecule has 0 bridgehead atoms. The van der Waals surface area contributed by atoms with Crippen molar-refractivity contribution in [2.45, 2.75) is 27.7 Å². The number of pyridine rings is 1. The first-order chi connectivity index (χ1) is 10.4. The minimum Gasteiger partial charge on any atom is -0.411 e. The Labute approximate surface area is 144 Å². The fourth-order valence-electron chi connectivity index (χ4n) is 0.602. The smallest absolute Gasteiger partial charge is 0.101 e. The normalized spacial score (nSPS) is 12.0. The molecule has 0 amide bonds. The van der Waals surface area contributed by atoms with E-state index in [9.17, 15) is 0 Å². The van der Waals surface area contributed by atoms with Crippen LogP contribution in [0.3, 0.4) is 0 Å². The zero-order valence-corrected chi connectivity index (χ0v) is 14.3. The first-order valence-corrected chi connectivity index (χ1v) is 6.04. The van der Waals surface area contributed by atoms with Gasteiger partial charge in [0.05, 0.1) is 0 Å². The molecule has 23 heavy (non-hydrogen) atoms. The molecule has 0 spiro atoms. The zero-order chi connectivity index (χ0) is 17.4. The fraction of sp³-hybridized carbons (Fsp3) is 0.308. The Kier molecular flexibility index (Phi) is 19.5. The largest absolute Gasteiger partial charge is 0.411 e. The van der Waals surface area contributed by atoms with Crippen LogP contribution in [0.15, 0.2) is 51.2 Å². The molecule has 4 N–H and O–H groups in total. The standard InChI is InChI=1S/C5H5N.2C4H8N2O2.Co/c1-2-4-6-5-3-1;2*1-3(5-7)4(2)6-8;/h1-5H;2*7-8H,1-2H3;/b;2*5-3-,6-4+;. The third kappa shape index (κ3) is 15.7. The molecular weight excluding hydrogens is 349 g/mol. The van der Waals surface area contributed by atoms with Crippen molar-refractivity contribution in [2.24, 2.45) is 20.6 Å². The molecule has 131 valence electrons. The summed E-state index contributed by atoms with van der Waals surface area (Å²) in [6, 6.07) is 5.72. The fourth-order valence-corrected chi connectivity index (χ4v) is 0.602. The van der Waals surface area contributed by atoms with E-state index in [0.29, 0.717) is 22.8 Å². The minimum absolute atomic E-state index is 0. The van der Waals surface area contributed by atoms with Crippen molar-refractivity contribution in [3.05, 3.63) is 30.6 Å². The zero-order valence-electron chi connectivity index (χ0n) is 13.2. The summed E-state index contributed by atoms with van der Waals surface area (Å²) in [7, 11) is 0. The van der Waals surface area contributed by atoms with Crippen molar-refractivity contribution in [2.75, 3.05) is 0 Å². The summed E-state index contributed by atoms with van der Waals surface area (Å²) >= 11 is 0. The molecule has 0 atom stereocenters. The molecular formula is C13H21CoN5O4. The number of nitrogens with zero attached hydrogens (tertiary/aromatic N) is 5. The molecule has 0 aliphatic heterocycles. The van der Waals surface area contributed by atoms with Gasteiger partial charge >= 0.3 is 0 Å². The van der Waals surface area contributed by atoms with Gasteiger partial charge in [-0.1, -0.05) is 26.7 Å². The summed E-state index contributed by atoms with van der Waals surface area (Å²) in [6.45, 7) is 6.15. The van der Waals surface area contributed by atoms with Crippen LogP contribution >= 0.6 is 0 Å². The molecule has 0 fully saturated rings. The molecule has 1 rings (SSSR count). The van der Waals surface area contributed by atoms with E-state index >= 15 is 0 Å². The summed E-state index contributed by atoms with van der Waals surface area (Å²) in [5.41, 5.74) is 1.25. The van der Waals surface area contributed by atoms with Gasteiger partial charge in [-0.25, -0.2) is 0 Å². The Morgan fingerprint density at radius 1 is 0.609 bits per heavy atom. The molecule has 1 aromatic rings. The number of hydrogen-bond donors (Lipinski definition) is 4. The number of aromatic nitrogens is 1. The van der Waals surface area contributed by atoms with Crippen molar-refractivity contribution in [1.82, 2.24) is 4.98 Å². The van der Waals surface area contributed by atoms with Crippen molar-refractivity contribution < 1.29 is 37.6 Å². The van der Waals surface area contributed by atoms with Crippen LogP contribution in [0.5, 0.6) is 0 Å². The van der Waals surface area contributed by atoms with E-state index in [1.807, 2.05) is 18.2 Å². The van der Waals surface area contributed by atoms with Gasteiger partial charge in [-0.15, -0.1) is 0 Å². The number of hydrogen-bond acceptors (Lipinski definition) is 9. The van der Waals surface area contributed by atoms with E-state index in [2.05, 4.69) is 25.6 Å². The van der Waals surface area contributed by atoms with Crippen LogP contribution in [-0.4, -0.2) is 48.7 Å². The van der Waals surface area contributed by atoms with Crippen molar-refractivity contribution in [3.63, 3.8) is 0 Å². The van der Waals surface area contributed by atoms with Gasteiger partial charge in [-0.3, -0.25) is 4.98 Å². The second-order valence-corrected chi connectivity index (χ2v) is 3.77. The molecule has 10 heteroatoms. The maximum Gasteiger partial charge on any atom is 0.101 e. The predicted octanol–water partition coefficient (Wildman–Crippen LogP) is 2.45. The topological polar surface area (TPSA) is 143 Å². The van der Waals surface area contributed by atoms with E-state index in [4.69, 9.17) is 20.8 Å². The van der Waals surface area contributed by atoms with E-state index in [1.54, 1.807) is 12.4 Å². The molecule has 0 saturated heterocycles. The molecule has 1 aromatic heterocycles. The predicted molar refractivity (Wildman–Crippen MR) is 83.8 cm³/mol. The Bertz CT molecular complexity index is 428. The maximum absolute atomic E-state index is 8.03. The molecule has 0 aromatic carbocycles. The molecule has 0 aliphatic rings. The summed E-state index contributed by atoms with van der Waals surface area (Å²) in [6.07, 6.45) is 3.50. The molecule has 1 heterocycles. The quantitative estimate of drug-likeness (QED) is 0.359. The van der Waals surface area contributed by atoms with Crippen LogP contribution in [0.2, 0.25) is 0 Å². The maximum atomic E-state index is 8.03. The summed E-state index contributed by atoms with van der Waals surface area (Å²) in [4.78, 5) is 3.78. The van der Waals surface area contributed by atoms with Gasteiger partial charge in [0.25, 0.3) is 0 Å². The molecule has 0 unspecified atom stereocenters. The molecule has 0 saturated carbocycles. The van der Waals surface area contributed by atoms with Crippen LogP contribution in [0.25, 0.3) is 0 Å². The molecule has 0 aliphatic carbocycles. The van der Waals surface area contributed by atoms with Crippen LogP contribution in [0.4, 0.5) is 0 Å². The Morgan fingerprint density at radius 2 is 0.870 bits per heavy atom. The molecule has 1 radical (unpaired) electrons. The Balaban J connectivity index is -0.000000257. The van der Waals surface area contributed by atoms with Crippen molar-refractivity contribution >= 4 is 22.8 Å². The minimum atomic E-state index is 0. The van der Waals surface area contributed by atoms with Gasteiger partial charge < -0.3 is 20.8 Å². The SMILES string of the molecule is CC(=N/O)/C(C)=N/O.CC(=N/O)/C(C)=N/O.[Co].c1ccncc1. The van der Waals surface area contributed by atoms with E-state index in [0.717, 1.165) is 0 Å². The average molecular weight is 370 g/mol. The summed E-state index contributed by atoms with van der Waals surface area (Å²) in [5, 5.41) is 43.3. The third-order valence-electron chi connectivity index (χ3n) is 2.21. The average Bonchev–Trinajstić information content (AvgIpc) is 2.61. The van der Waals surface area contributed by atoms with Gasteiger partial charge in [0.1, 0.15) is 22.8 Å². The monoisotopic (exact) mass is 370 g/mol. The van der Waals surface area contributed by atoms with Crippen molar-refractivity contribution in [1.29, 1.82) is 0 Å². The third-order valence-corrected chi connectivity index (χ3v) is 2.21.